The molecule has 6 nitrogen and oxygen atoms in total. The smallest absolute Gasteiger partial charge is 0.416 e. The minimum Gasteiger partial charge on any atom is -0.457 e. The zero-order chi connectivity index (χ0) is 18.8. The molecule has 0 saturated carbocycles. The fraction of sp³-hybridized carbons (Fsp3) is 0.133. The molecule has 0 aliphatic rings. The van der Waals surface area contributed by atoms with Gasteiger partial charge in [0.1, 0.15) is 11.5 Å². The summed E-state index contributed by atoms with van der Waals surface area (Å²) in [6, 6.07) is 8.73. The van der Waals surface area contributed by atoms with Gasteiger partial charge in [-0.25, -0.2) is 0 Å². The van der Waals surface area contributed by atoms with Crippen molar-refractivity contribution in [2.24, 2.45) is 0 Å². The van der Waals surface area contributed by atoms with E-state index in [1.165, 1.54) is 24.3 Å². The molecule has 1 unspecified atom stereocenters. The summed E-state index contributed by atoms with van der Waals surface area (Å²) in [4.78, 5) is 11.7. The lowest BCUT2D eigenvalue weighted by atomic mass is 10.1. The van der Waals surface area contributed by atoms with Crippen LogP contribution in [0.2, 0.25) is 0 Å². The van der Waals surface area contributed by atoms with Crippen LogP contribution in [0.25, 0.3) is 0 Å². The van der Waals surface area contributed by atoms with Gasteiger partial charge in [-0.05, 0) is 42.5 Å². The molecule has 0 fully saturated rings. The summed E-state index contributed by atoms with van der Waals surface area (Å²) in [5.41, 5.74) is -3.75. The second kappa shape index (κ2) is 6.82. The third kappa shape index (κ3) is 4.78. The number of halogens is 3. The number of ketones is 1. The highest BCUT2D eigenvalue weighted by Crippen LogP contribution is 2.32. The van der Waals surface area contributed by atoms with E-state index in [9.17, 15) is 31.5 Å². The minimum absolute atomic E-state index is 0.0808. The lowest BCUT2D eigenvalue weighted by Crippen LogP contribution is -2.29. The third-order valence-corrected chi connectivity index (χ3v) is 3.82. The molecule has 0 radical (unpaired) electrons. The number of benzene rings is 2. The van der Waals surface area contributed by atoms with Crippen molar-refractivity contribution in [2.75, 3.05) is 0 Å². The van der Waals surface area contributed by atoms with Crippen LogP contribution >= 0.6 is 0 Å². The monoisotopic (exact) mass is 376 g/mol. The SMILES string of the molecule is O=C(c1ccc(Oc2cccc(C(F)(F)F)c2)cc1)C(O)S(=O)(=O)O. The number of hydrogen-bond acceptors (Lipinski definition) is 5. The highest BCUT2D eigenvalue weighted by atomic mass is 32.2. The van der Waals surface area contributed by atoms with E-state index in [1.807, 2.05) is 0 Å². The molecule has 0 aliphatic carbocycles. The van der Waals surface area contributed by atoms with Crippen molar-refractivity contribution in [1.29, 1.82) is 0 Å². The molecular formula is C15H11F3O6S. The van der Waals surface area contributed by atoms with E-state index in [4.69, 9.17) is 9.29 Å². The molecule has 0 amide bonds. The average molecular weight is 376 g/mol. The highest BCUT2D eigenvalue weighted by molar-refractivity contribution is 7.87. The normalized spacial score (nSPS) is 13.3. The summed E-state index contributed by atoms with van der Waals surface area (Å²) in [5, 5.41) is 9.19. The van der Waals surface area contributed by atoms with E-state index in [0.29, 0.717) is 0 Å². The molecular weight excluding hydrogens is 365 g/mol. The van der Waals surface area contributed by atoms with Gasteiger partial charge in [0, 0.05) is 5.56 Å². The van der Waals surface area contributed by atoms with Gasteiger partial charge in [0.15, 0.2) is 0 Å². The molecule has 2 N–H and O–H groups in total. The number of aliphatic hydroxyl groups excluding tert-OH is 1. The highest BCUT2D eigenvalue weighted by Gasteiger charge is 2.31. The number of carbonyl (C=O) groups excluding carboxylic acids is 1. The molecule has 0 aliphatic heterocycles. The maximum atomic E-state index is 12.6. The van der Waals surface area contributed by atoms with E-state index >= 15 is 0 Å². The Bertz CT molecular complexity index is 875. The first-order valence-corrected chi connectivity index (χ1v) is 8.12. The van der Waals surface area contributed by atoms with E-state index < -0.39 is 33.1 Å². The Morgan fingerprint density at radius 2 is 1.64 bits per heavy atom. The van der Waals surface area contributed by atoms with Crippen molar-refractivity contribution >= 4 is 15.9 Å². The summed E-state index contributed by atoms with van der Waals surface area (Å²) >= 11 is 0. The van der Waals surface area contributed by atoms with Gasteiger partial charge in [0.05, 0.1) is 5.56 Å². The zero-order valence-corrected chi connectivity index (χ0v) is 13.1. The summed E-state index contributed by atoms with van der Waals surface area (Å²) in [5.74, 6) is -1.27. The second-order valence-electron chi connectivity index (χ2n) is 4.88. The van der Waals surface area contributed by atoms with Crippen LogP contribution in [0.5, 0.6) is 11.5 Å². The number of Topliss-reactive ketones (excluding diaryl/α,β-unsaturated/α-hetero) is 1. The Morgan fingerprint density at radius 3 is 2.16 bits per heavy atom. The van der Waals surface area contributed by atoms with Gasteiger partial charge in [0.25, 0.3) is 10.1 Å². The second-order valence-corrected chi connectivity index (χ2v) is 6.36. The first kappa shape index (κ1) is 18.9. The molecule has 2 aromatic rings. The Hall–Kier alpha value is -2.43. The molecule has 2 aromatic carbocycles. The topological polar surface area (TPSA) is 101 Å². The minimum atomic E-state index is -4.96. The van der Waals surface area contributed by atoms with Crippen molar-refractivity contribution in [3.63, 3.8) is 0 Å². The largest absolute Gasteiger partial charge is 0.457 e. The van der Waals surface area contributed by atoms with Crippen molar-refractivity contribution in [1.82, 2.24) is 0 Å². The van der Waals surface area contributed by atoms with Gasteiger partial charge in [-0.15, -0.1) is 0 Å². The molecule has 0 bridgehead atoms. The van der Waals surface area contributed by atoms with Crippen molar-refractivity contribution in [3.8, 4) is 11.5 Å². The van der Waals surface area contributed by atoms with Gasteiger partial charge in [0.2, 0.25) is 11.2 Å². The number of alkyl halides is 3. The fourth-order valence-electron chi connectivity index (χ4n) is 1.84. The quantitative estimate of drug-likeness (QED) is 0.615. The van der Waals surface area contributed by atoms with Crippen LogP contribution in [0.1, 0.15) is 15.9 Å². The summed E-state index contributed by atoms with van der Waals surface area (Å²) < 4.78 is 73.3. The van der Waals surface area contributed by atoms with Gasteiger partial charge in [-0.3, -0.25) is 9.35 Å². The van der Waals surface area contributed by atoms with Crippen LogP contribution in [0.4, 0.5) is 13.2 Å². The van der Waals surface area contributed by atoms with Gasteiger partial charge in [-0.2, -0.15) is 21.6 Å². The number of aliphatic hydroxyl groups is 1. The first-order valence-electron chi connectivity index (χ1n) is 6.62. The molecule has 0 heterocycles. The Labute approximate surface area is 140 Å². The average Bonchev–Trinajstić information content (AvgIpc) is 2.53. The van der Waals surface area contributed by atoms with Crippen LogP contribution in [0, 0.1) is 0 Å². The van der Waals surface area contributed by atoms with Crippen LogP contribution in [-0.2, 0) is 16.3 Å². The predicted octanol–water partition coefficient (Wildman–Crippen LogP) is 2.89. The Morgan fingerprint density at radius 1 is 1.04 bits per heavy atom. The van der Waals surface area contributed by atoms with E-state index in [2.05, 4.69) is 0 Å². The molecule has 0 saturated heterocycles. The molecule has 10 heteroatoms. The molecule has 134 valence electrons. The number of hydrogen-bond donors (Lipinski definition) is 2. The Kier molecular flexibility index (Phi) is 5.16. The lowest BCUT2D eigenvalue weighted by Gasteiger charge is -2.11. The van der Waals surface area contributed by atoms with Gasteiger partial charge < -0.3 is 9.84 Å². The summed E-state index contributed by atoms with van der Waals surface area (Å²) in [7, 11) is -4.96. The van der Waals surface area contributed by atoms with Gasteiger partial charge >= 0.3 is 6.18 Å². The van der Waals surface area contributed by atoms with Crippen molar-refractivity contribution < 1.29 is 40.8 Å². The molecule has 1 atom stereocenters. The van der Waals surface area contributed by atoms with Gasteiger partial charge in [-0.1, -0.05) is 6.07 Å². The third-order valence-electron chi connectivity index (χ3n) is 3.04. The van der Waals surface area contributed by atoms with Crippen LogP contribution < -0.4 is 4.74 Å². The van der Waals surface area contributed by atoms with Crippen LogP contribution in [0.3, 0.4) is 0 Å². The lowest BCUT2D eigenvalue weighted by molar-refractivity contribution is -0.137. The maximum absolute atomic E-state index is 12.6. The predicted molar refractivity (Wildman–Crippen MR) is 79.8 cm³/mol. The molecule has 0 spiro atoms. The summed E-state index contributed by atoms with van der Waals surface area (Å²) in [6.07, 6.45) is -4.53. The molecule has 2 rings (SSSR count). The first-order chi connectivity index (χ1) is 11.5. The van der Waals surface area contributed by atoms with Crippen molar-refractivity contribution in [2.45, 2.75) is 11.6 Å². The van der Waals surface area contributed by atoms with E-state index in [-0.39, 0.29) is 17.1 Å². The number of ether oxygens (including phenoxy) is 1. The fourth-order valence-corrected chi connectivity index (χ4v) is 2.24. The van der Waals surface area contributed by atoms with E-state index in [1.54, 1.807) is 0 Å². The number of carbonyl (C=O) groups is 1. The van der Waals surface area contributed by atoms with Crippen LogP contribution in [0.15, 0.2) is 48.5 Å². The van der Waals surface area contributed by atoms with Crippen molar-refractivity contribution in [3.05, 3.63) is 59.7 Å². The maximum Gasteiger partial charge on any atom is 0.416 e. The summed E-state index contributed by atoms with van der Waals surface area (Å²) in [6.45, 7) is 0. The standard InChI is InChI=1S/C15H11F3O6S/c16-15(17,18)10-2-1-3-12(8-10)24-11-6-4-9(5-7-11)13(19)14(20)25(21,22)23/h1-8,14,20H,(H,21,22,23). The van der Waals surface area contributed by atoms with E-state index in [0.717, 1.165) is 24.3 Å². The Balaban J connectivity index is 2.17. The molecule has 0 aromatic heterocycles. The zero-order valence-electron chi connectivity index (χ0n) is 12.3. The van der Waals surface area contributed by atoms with Crippen LogP contribution in [-0.4, -0.2) is 29.3 Å². The molecule has 25 heavy (non-hydrogen) atoms. The number of rotatable bonds is 5.